The van der Waals surface area contributed by atoms with Gasteiger partial charge in [0.1, 0.15) is 0 Å². The summed E-state index contributed by atoms with van der Waals surface area (Å²) in [6.07, 6.45) is 13.0. The van der Waals surface area contributed by atoms with Crippen LogP contribution in [0.2, 0.25) is 0 Å². The first-order chi connectivity index (χ1) is 9.25. The molecule has 0 spiro atoms. The molecule has 2 N–H and O–H groups in total. The van der Waals surface area contributed by atoms with Crippen LogP contribution in [0.25, 0.3) is 0 Å². The van der Waals surface area contributed by atoms with Gasteiger partial charge in [-0.3, -0.25) is 4.90 Å². The Morgan fingerprint density at radius 1 is 1.05 bits per heavy atom. The van der Waals surface area contributed by atoms with Crippen molar-refractivity contribution >= 4 is 6.03 Å². The molecule has 0 radical (unpaired) electrons. The van der Waals surface area contributed by atoms with Gasteiger partial charge in [-0.25, -0.2) is 4.79 Å². The van der Waals surface area contributed by atoms with Crippen LogP contribution in [-0.2, 0) is 4.74 Å². The standard InChI is InChI=1S/C15H30N2O2/c1-2-3-4-5-6-7-8-9-10-11-12-17(15(16)18)14-13-19-14/h14H,2-13H2,1H3,(H2,16,18). The van der Waals surface area contributed by atoms with E-state index in [4.69, 9.17) is 10.5 Å². The van der Waals surface area contributed by atoms with Crippen molar-refractivity contribution in [2.45, 2.75) is 77.4 Å². The highest BCUT2D eigenvalue weighted by Gasteiger charge is 2.32. The monoisotopic (exact) mass is 270 g/mol. The van der Waals surface area contributed by atoms with Gasteiger partial charge in [0.05, 0.1) is 6.61 Å². The Labute approximate surface area is 117 Å². The van der Waals surface area contributed by atoms with Crippen molar-refractivity contribution in [3.63, 3.8) is 0 Å². The molecule has 4 heteroatoms. The number of primary amides is 1. The molecule has 19 heavy (non-hydrogen) atoms. The number of urea groups is 1. The van der Waals surface area contributed by atoms with Crippen LogP contribution < -0.4 is 5.73 Å². The zero-order chi connectivity index (χ0) is 13.9. The lowest BCUT2D eigenvalue weighted by Crippen LogP contribution is -2.38. The highest BCUT2D eigenvalue weighted by Crippen LogP contribution is 2.16. The summed E-state index contributed by atoms with van der Waals surface area (Å²) < 4.78 is 5.10. The Kier molecular flexibility index (Phi) is 8.63. The molecule has 1 aliphatic rings. The predicted molar refractivity (Wildman–Crippen MR) is 77.9 cm³/mol. The fraction of sp³-hybridized carbons (Fsp3) is 0.933. The second kappa shape index (κ2) is 10.1. The molecule has 0 aromatic rings. The van der Waals surface area contributed by atoms with Gasteiger partial charge in [-0.15, -0.1) is 0 Å². The van der Waals surface area contributed by atoms with Gasteiger partial charge in [0, 0.05) is 6.54 Å². The molecule has 1 aliphatic heterocycles. The van der Waals surface area contributed by atoms with E-state index in [9.17, 15) is 4.79 Å². The van der Waals surface area contributed by atoms with E-state index in [1.165, 1.54) is 57.8 Å². The smallest absolute Gasteiger partial charge is 0.316 e. The minimum Gasteiger partial charge on any atom is -0.351 e. The zero-order valence-electron chi connectivity index (χ0n) is 12.4. The molecular formula is C15H30N2O2. The Morgan fingerprint density at radius 2 is 1.53 bits per heavy atom. The summed E-state index contributed by atoms with van der Waals surface area (Å²) in [7, 11) is 0. The van der Waals surface area contributed by atoms with Gasteiger partial charge in [-0.1, -0.05) is 64.7 Å². The van der Waals surface area contributed by atoms with Gasteiger partial charge in [0.25, 0.3) is 0 Å². The summed E-state index contributed by atoms with van der Waals surface area (Å²) in [4.78, 5) is 12.8. The van der Waals surface area contributed by atoms with E-state index in [1.54, 1.807) is 4.90 Å². The molecular weight excluding hydrogens is 240 g/mol. The molecule has 1 atom stereocenters. The highest BCUT2D eigenvalue weighted by atomic mass is 16.6. The van der Waals surface area contributed by atoms with E-state index in [0.717, 1.165) is 13.0 Å². The van der Waals surface area contributed by atoms with Crippen LogP contribution in [0.5, 0.6) is 0 Å². The third-order valence-electron chi connectivity index (χ3n) is 3.70. The summed E-state index contributed by atoms with van der Waals surface area (Å²) >= 11 is 0. The fourth-order valence-corrected chi connectivity index (χ4v) is 2.39. The Balaban J connectivity index is 1.84. The van der Waals surface area contributed by atoms with Crippen molar-refractivity contribution in [1.29, 1.82) is 0 Å². The van der Waals surface area contributed by atoms with Crippen molar-refractivity contribution in [2.75, 3.05) is 13.2 Å². The number of epoxide rings is 1. The lowest BCUT2D eigenvalue weighted by atomic mass is 10.1. The fourth-order valence-electron chi connectivity index (χ4n) is 2.39. The molecule has 1 saturated heterocycles. The van der Waals surface area contributed by atoms with Gasteiger partial charge in [-0.2, -0.15) is 0 Å². The lowest BCUT2D eigenvalue weighted by molar-refractivity contribution is 0.173. The Morgan fingerprint density at radius 3 is 1.95 bits per heavy atom. The van der Waals surface area contributed by atoms with Gasteiger partial charge in [0.15, 0.2) is 6.23 Å². The van der Waals surface area contributed by atoms with Crippen LogP contribution in [0.15, 0.2) is 0 Å². The zero-order valence-corrected chi connectivity index (χ0v) is 12.4. The maximum atomic E-state index is 11.1. The minimum atomic E-state index is -0.349. The van der Waals surface area contributed by atoms with Crippen molar-refractivity contribution in [2.24, 2.45) is 5.73 Å². The van der Waals surface area contributed by atoms with Crippen molar-refractivity contribution in [3.8, 4) is 0 Å². The van der Waals surface area contributed by atoms with Gasteiger partial charge in [0.2, 0.25) is 0 Å². The number of ether oxygens (including phenoxy) is 1. The van der Waals surface area contributed by atoms with Crippen molar-refractivity contribution in [1.82, 2.24) is 4.90 Å². The topological polar surface area (TPSA) is 58.9 Å². The number of nitrogens with two attached hydrogens (primary N) is 1. The lowest BCUT2D eigenvalue weighted by Gasteiger charge is -2.17. The summed E-state index contributed by atoms with van der Waals surface area (Å²) in [6, 6.07) is -0.349. The van der Waals surface area contributed by atoms with E-state index in [2.05, 4.69) is 6.92 Å². The van der Waals surface area contributed by atoms with Gasteiger partial charge in [-0.05, 0) is 6.42 Å². The average Bonchev–Trinajstić information content (AvgIpc) is 3.20. The molecule has 0 aliphatic carbocycles. The van der Waals surface area contributed by atoms with E-state index in [0.29, 0.717) is 6.61 Å². The van der Waals surface area contributed by atoms with Gasteiger partial charge >= 0.3 is 6.03 Å². The first-order valence-corrected chi connectivity index (χ1v) is 7.93. The third kappa shape index (κ3) is 8.09. The number of nitrogens with zero attached hydrogens (tertiary/aromatic N) is 1. The van der Waals surface area contributed by atoms with Crippen LogP contribution in [-0.4, -0.2) is 30.3 Å². The van der Waals surface area contributed by atoms with Crippen LogP contribution >= 0.6 is 0 Å². The number of amides is 2. The molecule has 1 unspecified atom stereocenters. The van der Waals surface area contributed by atoms with Gasteiger partial charge < -0.3 is 10.5 Å². The maximum Gasteiger partial charge on any atom is 0.316 e. The third-order valence-corrected chi connectivity index (χ3v) is 3.70. The average molecular weight is 270 g/mol. The summed E-state index contributed by atoms with van der Waals surface area (Å²) in [5.74, 6) is 0. The van der Waals surface area contributed by atoms with Crippen molar-refractivity contribution in [3.05, 3.63) is 0 Å². The van der Waals surface area contributed by atoms with Crippen LogP contribution in [0.1, 0.15) is 71.1 Å². The minimum absolute atomic E-state index is 0.0314. The molecule has 2 amide bonds. The molecule has 0 bridgehead atoms. The predicted octanol–water partition coefficient (Wildman–Crippen LogP) is 3.64. The molecule has 1 rings (SSSR count). The second-order valence-electron chi connectivity index (χ2n) is 5.50. The maximum absolute atomic E-state index is 11.1. The number of rotatable bonds is 12. The number of hydrogen-bond donors (Lipinski definition) is 1. The molecule has 1 fully saturated rings. The Bertz CT molecular complexity index is 242. The summed E-state index contributed by atoms with van der Waals surface area (Å²) in [5.41, 5.74) is 5.30. The quantitative estimate of drug-likeness (QED) is 0.435. The number of carbonyl (C=O) groups excluding carboxylic acids is 1. The van der Waals surface area contributed by atoms with E-state index >= 15 is 0 Å². The molecule has 0 aromatic heterocycles. The van der Waals surface area contributed by atoms with Crippen LogP contribution in [0, 0.1) is 0 Å². The van der Waals surface area contributed by atoms with Crippen molar-refractivity contribution < 1.29 is 9.53 Å². The van der Waals surface area contributed by atoms with Crippen LogP contribution in [0.4, 0.5) is 4.79 Å². The highest BCUT2D eigenvalue weighted by molar-refractivity contribution is 5.72. The number of carbonyl (C=O) groups is 1. The Hall–Kier alpha value is -0.770. The summed E-state index contributed by atoms with van der Waals surface area (Å²) in [6.45, 7) is 3.65. The number of hydrogen-bond acceptors (Lipinski definition) is 2. The first kappa shape index (κ1) is 16.3. The molecule has 4 nitrogen and oxygen atoms in total. The largest absolute Gasteiger partial charge is 0.351 e. The normalized spacial score (nSPS) is 17.4. The molecule has 0 aromatic carbocycles. The van der Waals surface area contributed by atoms with E-state index in [1.807, 2.05) is 0 Å². The molecule has 0 saturated carbocycles. The summed E-state index contributed by atoms with van der Waals surface area (Å²) in [5, 5.41) is 0. The number of unbranched alkanes of at least 4 members (excludes halogenated alkanes) is 9. The van der Waals surface area contributed by atoms with Crippen LogP contribution in [0.3, 0.4) is 0 Å². The SMILES string of the molecule is CCCCCCCCCCCCN(C(N)=O)C1CO1. The molecule has 112 valence electrons. The van der Waals surface area contributed by atoms with E-state index < -0.39 is 0 Å². The van der Waals surface area contributed by atoms with E-state index in [-0.39, 0.29) is 12.3 Å². The second-order valence-corrected chi connectivity index (χ2v) is 5.50. The first-order valence-electron chi connectivity index (χ1n) is 7.93. The molecule has 1 heterocycles.